The Morgan fingerprint density at radius 2 is 1.74 bits per heavy atom. The number of hydrogen-bond acceptors (Lipinski definition) is 5. The van der Waals surface area contributed by atoms with Crippen LogP contribution in [0.15, 0.2) is 60.7 Å². The minimum Gasteiger partial charge on any atom is -0.481 e. The molecule has 5 atom stereocenters. The molecule has 0 amide bonds. The molecule has 0 saturated carbocycles. The zero-order chi connectivity index (χ0) is 22.4. The first-order valence-electron chi connectivity index (χ1n) is 10.8. The van der Waals surface area contributed by atoms with Crippen LogP contribution in [0.3, 0.4) is 0 Å². The van der Waals surface area contributed by atoms with Crippen LogP contribution < -0.4 is 5.32 Å². The lowest BCUT2D eigenvalue weighted by Gasteiger charge is -2.36. The van der Waals surface area contributed by atoms with Crippen LogP contribution in [0.4, 0.5) is 0 Å². The maximum absolute atomic E-state index is 12.0. The predicted molar refractivity (Wildman–Crippen MR) is 119 cm³/mol. The van der Waals surface area contributed by atoms with Gasteiger partial charge in [0, 0.05) is 12.1 Å². The molecule has 1 aliphatic heterocycles. The van der Waals surface area contributed by atoms with E-state index in [4.69, 9.17) is 14.2 Å². The molecule has 1 saturated heterocycles. The Morgan fingerprint density at radius 1 is 1.13 bits per heavy atom. The smallest absolute Gasteiger partial charge is 0.307 e. The molecule has 0 aliphatic carbocycles. The standard InChI is InChI=1S/C25H33NO5/c1-17(24(27)28)22(26-18(2)20-13-9-6-10-14-20)23(21-16-30-25(3,4)31-21)29-15-19-11-7-5-8-12-19/h5-14,17-18,21-23,26H,15-16H2,1-4H3,(H,27,28)/t17-,18-,21+,22-,23-/m1/s1. The summed E-state index contributed by atoms with van der Waals surface area (Å²) in [5, 5.41) is 13.4. The van der Waals surface area contributed by atoms with Gasteiger partial charge in [-0.1, -0.05) is 67.6 Å². The normalized spacial score (nSPS) is 21.9. The lowest BCUT2D eigenvalue weighted by atomic mass is 9.91. The summed E-state index contributed by atoms with van der Waals surface area (Å²) >= 11 is 0. The number of rotatable bonds is 10. The van der Waals surface area contributed by atoms with Gasteiger partial charge in [-0.25, -0.2) is 0 Å². The van der Waals surface area contributed by atoms with Gasteiger partial charge in [0.05, 0.1) is 19.1 Å². The summed E-state index contributed by atoms with van der Waals surface area (Å²) in [4.78, 5) is 12.0. The largest absolute Gasteiger partial charge is 0.481 e. The van der Waals surface area contributed by atoms with Gasteiger partial charge in [-0.3, -0.25) is 4.79 Å². The van der Waals surface area contributed by atoms with Crippen molar-refractivity contribution < 1.29 is 24.1 Å². The zero-order valence-electron chi connectivity index (χ0n) is 18.7. The van der Waals surface area contributed by atoms with E-state index in [1.807, 2.05) is 81.4 Å². The van der Waals surface area contributed by atoms with E-state index in [2.05, 4.69) is 5.32 Å². The minimum absolute atomic E-state index is 0.0637. The van der Waals surface area contributed by atoms with Crippen molar-refractivity contribution in [3.05, 3.63) is 71.8 Å². The number of carboxylic acid groups (broad SMARTS) is 1. The van der Waals surface area contributed by atoms with E-state index in [9.17, 15) is 9.90 Å². The van der Waals surface area contributed by atoms with Crippen LogP contribution in [0.2, 0.25) is 0 Å². The highest BCUT2D eigenvalue weighted by atomic mass is 16.7. The van der Waals surface area contributed by atoms with Crippen LogP contribution in [0, 0.1) is 5.92 Å². The lowest BCUT2D eigenvalue weighted by molar-refractivity contribution is -0.166. The van der Waals surface area contributed by atoms with E-state index in [1.165, 1.54) is 0 Å². The van der Waals surface area contributed by atoms with Gasteiger partial charge in [0.2, 0.25) is 0 Å². The summed E-state index contributed by atoms with van der Waals surface area (Å²) < 4.78 is 18.3. The van der Waals surface area contributed by atoms with Crippen LogP contribution in [0.5, 0.6) is 0 Å². The maximum Gasteiger partial charge on any atom is 0.307 e. The van der Waals surface area contributed by atoms with Crippen molar-refractivity contribution in [1.29, 1.82) is 0 Å². The molecule has 2 aromatic carbocycles. The highest BCUT2D eigenvalue weighted by Gasteiger charge is 2.44. The van der Waals surface area contributed by atoms with Crippen molar-refractivity contribution in [2.75, 3.05) is 6.61 Å². The Kier molecular flexibility index (Phi) is 7.84. The Hall–Kier alpha value is -2.25. The van der Waals surface area contributed by atoms with E-state index >= 15 is 0 Å². The molecule has 1 heterocycles. The van der Waals surface area contributed by atoms with Gasteiger partial charge >= 0.3 is 5.97 Å². The predicted octanol–water partition coefficient (Wildman–Crippen LogP) is 4.16. The molecule has 2 aromatic rings. The van der Waals surface area contributed by atoms with Gasteiger partial charge in [0.1, 0.15) is 12.2 Å². The number of carboxylic acids is 1. The van der Waals surface area contributed by atoms with E-state index < -0.39 is 29.8 Å². The third-order valence-corrected chi connectivity index (χ3v) is 5.71. The highest BCUT2D eigenvalue weighted by molar-refractivity contribution is 5.70. The summed E-state index contributed by atoms with van der Waals surface area (Å²) in [5.41, 5.74) is 2.10. The van der Waals surface area contributed by atoms with Crippen LogP contribution in [0.25, 0.3) is 0 Å². The van der Waals surface area contributed by atoms with Crippen molar-refractivity contribution in [3.63, 3.8) is 0 Å². The summed E-state index contributed by atoms with van der Waals surface area (Å²) in [5.74, 6) is -2.32. The molecule has 6 heteroatoms. The molecule has 1 fully saturated rings. The van der Waals surface area contributed by atoms with Crippen molar-refractivity contribution >= 4 is 5.97 Å². The highest BCUT2D eigenvalue weighted by Crippen LogP contribution is 2.30. The first kappa shape index (κ1) is 23.4. The third kappa shape index (κ3) is 6.37. The van der Waals surface area contributed by atoms with E-state index in [-0.39, 0.29) is 12.1 Å². The van der Waals surface area contributed by atoms with Crippen molar-refractivity contribution in [2.45, 2.75) is 64.4 Å². The summed E-state index contributed by atoms with van der Waals surface area (Å²) in [7, 11) is 0. The molecule has 3 rings (SSSR count). The minimum atomic E-state index is -0.885. The topological polar surface area (TPSA) is 77.0 Å². The second-order valence-electron chi connectivity index (χ2n) is 8.58. The Morgan fingerprint density at radius 3 is 2.29 bits per heavy atom. The number of aliphatic carboxylic acids is 1. The summed E-state index contributed by atoms with van der Waals surface area (Å²) in [6, 6.07) is 19.3. The molecule has 0 bridgehead atoms. The molecular weight excluding hydrogens is 394 g/mol. The monoisotopic (exact) mass is 427 g/mol. The van der Waals surface area contributed by atoms with Gasteiger partial charge in [0.15, 0.2) is 5.79 Å². The molecule has 1 aliphatic rings. The maximum atomic E-state index is 12.0. The molecule has 2 N–H and O–H groups in total. The van der Waals surface area contributed by atoms with E-state index in [1.54, 1.807) is 6.92 Å². The average Bonchev–Trinajstić information content (AvgIpc) is 3.13. The number of hydrogen-bond donors (Lipinski definition) is 2. The molecule has 168 valence electrons. The van der Waals surface area contributed by atoms with Crippen LogP contribution in [-0.4, -0.2) is 41.7 Å². The van der Waals surface area contributed by atoms with Crippen LogP contribution in [0.1, 0.15) is 44.9 Å². The molecule has 0 spiro atoms. The van der Waals surface area contributed by atoms with Crippen molar-refractivity contribution in [1.82, 2.24) is 5.32 Å². The Balaban J connectivity index is 1.86. The first-order chi connectivity index (χ1) is 14.8. The Bertz CT molecular complexity index is 826. The van der Waals surface area contributed by atoms with E-state index in [0.717, 1.165) is 11.1 Å². The molecule has 31 heavy (non-hydrogen) atoms. The number of ether oxygens (including phenoxy) is 3. The fraction of sp³-hybridized carbons (Fsp3) is 0.480. The van der Waals surface area contributed by atoms with Gasteiger partial charge in [-0.05, 0) is 31.9 Å². The van der Waals surface area contributed by atoms with Gasteiger partial charge in [-0.2, -0.15) is 0 Å². The molecule has 0 unspecified atom stereocenters. The van der Waals surface area contributed by atoms with Gasteiger partial charge in [0.25, 0.3) is 0 Å². The summed E-state index contributed by atoms with van der Waals surface area (Å²) in [6.07, 6.45) is -0.903. The number of carbonyl (C=O) groups is 1. The van der Waals surface area contributed by atoms with Crippen molar-refractivity contribution in [2.24, 2.45) is 5.92 Å². The molecule has 6 nitrogen and oxygen atoms in total. The van der Waals surface area contributed by atoms with Crippen LogP contribution >= 0.6 is 0 Å². The average molecular weight is 428 g/mol. The Labute approximate surface area is 184 Å². The third-order valence-electron chi connectivity index (χ3n) is 5.71. The SMILES string of the molecule is C[C@@H](N[C@@H]([C@H](OCc1ccccc1)[C@@H]1COC(C)(C)O1)[C@@H](C)C(=O)O)c1ccccc1. The van der Waals surface area contributed by atoms with Gasteiger partial charge in [-0.15, -0.1) is 0 Å². The van der Waals surface area contributed by atoms with Crippen molar-refractivity contribution in [3.8, 4) is 0 Å². The second kappa shape index (κ2) is 10.4. The quantitative estimate of drug-likeness (QED) is 0.593. The van der Waals surface area contributed by atoms with E-state index in [0.29, 0.717) is 13.2 Å². The first-order valence-corrected chi connectivity index (χ1v) is 10.8. The summed E-state index contributed by atoms with van der Waals surface area (Å²) in [6.45, 7) is 8.15. The molecule has 0 aromatic heterocycles. The second-order valence-corrected chi connectivity index (χ2v) is 8.58. The number of benzene rings is 2. The molecule has 0 radical (unpaired) electrons. The fourth-order valence-corrected chi connectivity index (χ4v) is 3.89. The number of nitrogens with one attached hydrogen (secondary N) is 1. The molecular formula is C25H33NO5. The lowest BCUT2D eigenvalue weighted by Crippen LogP contribution is -2.54. The van der Waals surface area contributed by atoms with Crippen LogP contribution in [-0.2, 0) is 25.6 Å². The zero-order valence-corrected chi connectivity index (χ0v) is 18.7. The van der Waals surface area contributed by atoms with Gasteiger partial charge < -0.3 is 24.6 Å². The fourth-order valence-electron chi connectivity index (χ4n) is 3.89.